The number of hydrogen-bond donors (Lipinski definition) is 1. The van der Waals surface area contributed by atoms with Crippen LogP contribution in [0.4, 0.5) is 0 Å². The van der Waals surface area contributed by atoms with E-state index in [9.17, 15) is 4.79 Å². The van der Waals surface area contributed by atoms with Gasteiger partial charge in [0.05, 0.1) is 5.52 Å². The molecular formula is C17H19N3O. The maximum atomic E-state index is 12.2. The number of rotatable bonds is 2. The summed E-state index contributed by atoms with van der Waals surface area (Å²) in [5.41, 5.74) is 1.90. The smallest absolute Gasteiger partial charge is 0.246 e. The molecule has 2 aromatic rings. The van der Waals surface area contributed by atoms with Gasteiger partial charge < -0.3 is 10.2 Å². The van der Waals surface area contributed by atoms with Crippen LogP contribution in [0.1, 0.15) is 12.5 Å². The van der Waals surface area contributed by atoms with E-state index in [1.807, 2.05) is 41.3 Å². The molecule has 21 heavy (non-hydrogen) atoms. The maximum absolute atomic E-state index is 12.2. The van der Waals surface area contributed by atoms with E-state index in [-0.39, 0.29) is 5.91 Å². The molecule has 1 aliphatic rings. The van der Waals surface area contributed by atoms with E-state index in [1.165, 1.54) is 0 Å². The number of para-hydroxylation sites is 1. The second kappa shape index (κ2) is 6.06. The van der Waals surface area contributed by atoms with Crippen LogP contribution in [0.15, 0.2) is 42.6 Å². The Bertz CT molecular complexity index is 675. The zero-order chi connectivity index (χ0) is 14.7. The molecule has 1 unspecified atom stereocenters. The van der Waals surface area contributed by atoms with E-state index in [0.717, 1.165) is 36.1 Å². The van der Waals surface area contributed by atoms with Crippen molar-refractivity contribution in [2.45, 2.75) is 13.0 Å². The van der Waals surface area contributed by atoms with Crippen LogP contribution in [0.5, 0.6) is 0 Å². The van der Waals surface area contributed by atoms with Gasteiger partial charge in [-0.1, -0.05) is 24.3 Å². The van der Waals surface area contributed by atoms with Crippen molar-refractivity contribution in [3.63, 3.8) is 0 Å². The molecule has 108 valence electrons. The van der Waals surface area contributed by atoms with Gasteiger partial charge in [-0.15, -0.1) is 0 Å². The third kappa shape index (κ3) is 3.11. The molecule has 1 fully saturated rings. The van der Waals surface area contributed by atoms with Crippen LogP contribution in [0, 0.1) is 0 Å². The van der Waals surface area contributed by atoms with E-state index in [4.69, 9.17) is 0 Å². The lowest BCUT2D eigenvalue weighted by molar-refractivity contribution is -0.127. The van der Waals surface area contributed by atoms with Crippen LogP contribution < -0.4 is 5.32 Å². The third-order valence-electron chi connectivity index (χ3n) is 3.75. The maximum Gasteiger partial charge on any atom is 0.246 e. The van der Waals surface area contributed by atoms with Crippen LogP contribution in [0.3, 0.4) is 0 Å². The summed E-state index contributed by atoms with van der Waals surface area (Å²) >= 11 is 0. The molecule has 1 aromatic carbocycles. The van der Waals surface area contributed by atoms with Gasteiger partial charge in [-0.2, -0.15) is 0 Å². The number of benzene rings is 1. The highest BCUT2D eigenvalue weighted by atomic mass is 16.2. The van der Waals surface area contributed by atoms with E-state index in [2.05, 4.69) is 17.2 Å². The molecule has 1 aromatic heterocycles. The van der Waals surface area contributed by atoms with Crippen LogP contribution in [-0.4, -0.2) is 41.5 Å². The minimum atomic E-state index is 0.0660. The van der Waals surface area contributed by atoms with Crippen molar-refractivity contribution >= 4 is 22.9 Å². The van der Waals surface area contributed by atoms with Crippen molar-refractivity contribution < 1.29 is 4.79 Å². The Morgan fingerprint density at radius 3 is 3.10 bits per heavy atom. The monoisotopic (exact) mass is 281 g/mol. The molecule has 0 bridgehead atoms. The van der Waals surface area contributed by atoms with Gasteiger partial charge in [0.2, 0.25) is 5.91 Å². The number of amides is 1. The van der Waals surface area contributed by atoms with Gasteiger partial charge in [0, 0.05) is 48.9 Å². The molecule has 1 amide bonds. The summed E-state index contributed by atoms with van der Waals surface area (Å²) < 4.78 is 0. The van der Waals surface area contributed by atoms with Crippen LogP contribution in [0.2, 0.25) is 0 Å². The van der Waals surface area contributed by atoms with Crippen LogP contribution in [0.25, 0.3) is 17.0 Å². The molecule has 4 nitrogen and oxygen atoms in total. The molecule has 3 rings (SSSR count). The van der Waals surface area contributed by atoms with Crippen molar-refractivity contribution in [3.8, 4) is 0 Å². The summed E-state index contributed by atoms with van der Waals surface area (Å²) in [6.45, 7) is 4.48. The molecule has 1 atom stereocenters. The molecule has 0 saturated carbocycles. The number of nitrogens with one attached hydrogen (secondary N) is 1. The summed E-state index contributed by atoms with van der Waals surface area (Å²) in [7, 11) is 0. The highest BCUT2D eigenvalue weighted by Crippen LogP contribution is 2.17. The number of aromatic nitrogens is 1. The lowest BCUT2D eigenvalue weighted by Crippen LogP contribution is -2.50. The molecule has 0 aliphatic carbocycles. The van der Waals surface area contributed by atoms with Crippen LogP contribution >= 0.6 is 0 Å². The Kier molecular flexibility index (Phi) is 3.97. The zero-order valence-corrected chi connectivity index (χ0v) is 12.1. The molecule has 1 aliphatic heterocycles. The lowest BCUT2D eigenvalue weighted by atomic mass is 10.1. The Labute approximate surface area is 124 Å². The number of piperazine rings is 1. The van der Waals surface area contributed by atoms with E-state index in [0.29, 0.717) is 6.04 Å². The quantitative estimate of drug-likeness (QED) is 0.857. The van der Waals surface area contributed by atoms with Crippen LogP contribution in [-0.2, 0) is 4.79 Å². The summed E-state index contributed by atoms with van der Waals surface area (Å²) in [6.07, 6.45) is 5.30. The minimum absolute atomic E-state index is 0.0660. The normalized spacial score (nSPS) is 19.3. The van der Waals surface area contributed by atoms with Crippen molar-refractivity contribution in [3.05, 3.63) is 48.2 Å². The zero-order valence-electron chi connectivity index (χ0n) is 12.1. The average molecular weight is 281 g/mol. The molecule has 1 N–H and O–H groups in total. The molecule has 0 radical (unpaired) electrons. The summed E-state index contributed by atoms with van der Waals surface area (Å²) in [5.74, 6) is 0.0660. The van der Waals surface area contributed by atoms with Crippen molar-refractivity contribution in [1.29, 1.82) is 0 Å². The van der Waals surface area contributed by atoms with E-state index >= 15 is 0 Å². The Morgan fingerprint density at radius 2 is 2.24 bits per heavy atom. The SMILES string of the molecule is CC1CN(C(=O)C=Cc2cccc3cccnc23)CCN1. The van der Waals surface area contributed by atoms with Gasteiger partial charge in [-0.05, 0) is 19.1 Å². The van der Waals surface area contributed by atoms with Gasteiger partial charge in [-0.25, -0.2) is 0 Å². The van der Waals surface area contributed by atoms with Crippen molar-refractivity contribution in [2.24, 2.45) is 0 Å². The first-order chi connectivity index (χ1) is 10.2. The largest absolute Gasteiger partial charge is 0.336 e. The highest BCUT2D eigenvalue weighted by molar-refractivity contribution is 5.95. The average Bonchev–Trinajstić information content (AvgIpc) is 2.52. The first-order valence-corrected chi connectivity index (χ1v) is 7.28. The molecule has 0 spiro atoms. The summed E-state index contributed by atoms with van der Waals surface area (Å²) in [4.78, 5) is 18.5. The lowest BCUT2D eigenvalue weighted by Gasteiger charge is -2.31. The van der Waals surface area contributed by atoms with Gasteiger partial charge in [0.25, 0.3) is 0 Å². The first-order valence-electron chi connectivity index (χ1n) is 7.28. The molecule has 2 heterocycles. The molecule has 1 saturated heterocycles. The molecule has 4 heteroatoms. The number of pyridine rings is 1. The van der Waals surface area contributed by atoms with Gasteiger partial charge >= 0.3 is 0 Å². The summed E-state index contributed by atoms with van der Waals surface area (Å²) in [5, 5.41) is 4.42. The molecular weight excluding hydrogens is 262 g/mol. The van der Waals surface area contributed by atoms with Gasteiger partial charge in [0.1, 0.15) is 0 Å². The Hall–Kier alpha value is -2.20. The number of nitrogens with zero attached hydrogens (tertiary/aromatic N) is 2. The third-order valence-corrected chi connectivity index (χ3v) is 3.75. The second-order valence-corrected chi connectivity index (χ2v) is 5.40. The first kappa shape index (κ1) is 13.8. The fourth-order valence-corrected chi connectivity index (χ4v) is 2.66. The number of carbonyl (C=O) groups is 1. The Balaban J connectivity index is 1.80. The number of hydrogen-bond acceptors (Lipinski definition) is 3. The topological polar surface area (TPSA) is 45.2 Å². The standard InChI is InChI=1S/C17H19N3O/c1-13-12-20(11-10-18-13)16(21)8-7-15-5-2-4-14-6-3-9-19-17(14)15/h2-9,13,18H,10-12H2,1H3. The highest BCUT2D eigenvalue weighted by Gasteiger charge is 2.18. The predicted octanol–water partition coefficient (Wildman–Crippen LogP) is 2.07. The number of carbonyl (C=O) groups excluding carboxylic acids is 1. The summed E-state index contributed by atoms with van der Waals surface area (Å²) in [6, 6.07) is 10.3. The van der Waals surface area contributed by atoms with Crippen molar-refractivity contribution in [1.82, 2.24) is 15.2 Å². The minimum Gasteiger partial charge on any atom is -0.336 e. The van der Waals surface area contributed by atoms with E-state index < -0.39 is 0 Å². The number of fused-ring (bicyclic) bond motifs is 1. The van der Waals surface area contributed by atoms with Gasteiger partial charge in [0.15, 0.2) is 0 Å². The Morgan fingerprint density at radius 1 is 1.38 bits per heavy atom. The van der Waals surface area contributed by atoms with Crippen molar-refractivity contribution in [2.75, 3.05) is 19.6 Å². The fraction of sp³-hybridized carbons (Fsp3) is 0.294. The second-order valence-electron chi connectivity index (χ2n) is 5.40. The fourth-order valence-electron chi connectivity index (χ4n) is 2.66. The van der Waals surface area contributed by atoms with E-state index in [1.54, 1.807) is 12.3 Å². The van der Waals surface area contributed by atoms with Gasteiger partial charge in [-0.3, -0.25) is 9.78 Å². The predicted molar refractivity (Wildman–Crippen MR) is 84.8 cm³/mol.